The van der Waals surface area contributed by atoms with Gasteiger partial charge in [-0.1, -0.05) is 27.2 Å². The normalized spacial score (nSPS) is 23.2. The van der Waals surface area contributed by atoms with Crippen LogP contribution in [-0.4, -0.2) is 9.97 Å². The molecule has 1 aromatic heterocycles. The van der Waals surface area contributed by atoms with Gasteiger partial charge < -0.3 is 4.98 Å². The van der Waals surface area contributed by atoms with E-state index in [4.69, 9.17) is 4.98 Å². The maximum Gasteiger partial charge on any atom is 0.264 e. The van der Waals surface area contributed by atoms with E-state index < -0.39 is 0 Å². The minimum absolute atomic E-state index is 0.0428. The second-order valence-electron chi connectivity index (χ2n) is 6.09. The zero-order chi connectivity index (χ0) is 14.0. The molecule has 2 rings (SSSR count). The number of H-pyrrole nitrogens is 1. The summed E-state index contributed by atoms with van der Waals surface area (Å²) in [4.78, 5) is 19.8. The van der Waals surface area contributed by atoms with Crippen LogP contribution in [0.4, 0.5) is 0 Å². The van der Waals surface area contributed by atoms with E-state index in [2.05, 4.69) is 48.3 Å². The van der Waals surface area contributed by atoms with Gasteiger partial charge >= 0.3 is 0 Å². The van der Waals surface area contributed by atoms with Gasteiger partial charge in [-0.2, -0.15) is 0 Å². The van der Waals surface area contributed by atoms with Crippen molar-refractivity contribution in [1.29, 1.82) is 0 Å². The van der Waals surface area contributed by atoms with Crippen LogP contribution in [0.5, 0.6) is 0 Å². The van der Waals surface area contributed by atoms with Crippen molar-refractivity contribution in [3.63, 3.8) is 0 Å². The van der Waals surface area contributed by atoms with Crippen LogP contribution in [0.3, 0.4) is 0 Å². The summed E-state index contributed by atoms with van der Waals surface area (Å²) in [6.07, 6.45) is 5.75. The molecule has 106 valence electrons. The quantitative estimate of drug-likeness (QED) is 0.814. The van der Waals surface area contributed by atoms with Crippen molar-refractivity contribution in [2.75, 3.05) is 0 Å². The molecule has 1 aliphatic carbocycles. The number of halogens is 1. The van der Waals surface area contributed by atoms with Gasteiger partial charge in [-0.15, -0.1) is 0 Å². The van der Waals surface area contributed by atoms with Crippen molar-refractivity contribution in [2.45, 2.75) is 58.8 Å². The van der Waals surface area contributed by atoms with Gasteiger partial charge in [-0.3, -0.25) is 4.79 Å². The Hall–Kier alpha value is -0.390. The summed E-state index contributed by atoms with van der Waals surface area (Å²) in [5, 5.41) is 0. The molecule has 0 bridgehead atoms. The van der Waals surface area contributed by atoms with Gasteiger partial charge in [0.15, 0.2) is 0 Å². The van der Waals surface area contributed by atoms with Crippen LogP contribution in [0.1, 0.15) is 63.9 Å². The molecule has 0 amide bonds. The zero-order valence-corrected chi connectivity index (χ0v) is 14.2. The molecule has 2 atom stereocenters. The molecule has 0 radical (unpaired) electrons. The summed E-state index contributed by atoms with van der Waals surface area (Å²) >= 11 is 2.12. The summed E-state index contributed by atoms with van der Waals surface area (Å²) in [7, 11) is 0. The zero-order valence-electron chi connectivity index (χ0n) is 12.0. The lowest BCUT2D eigenvalue weighted by Gasteiger charge is -2.13. The van der Waals surface area contributed by atoms with Crippen LogP contribution in [0, 0.1) is 15.4 Å². The van der Waals surface area contributed by atoms with Gasteiger partial charge in [0.1, 0.15) is 5.82 Å². The number of hydrogen-bond donors (Lipinski definition) is 1. The molecule has 0 spiro atoms. The predicted molar refractivity (Wildman–Crippen MR) is 86.5 cm³/mol. The minimum Gasteiger partial charge on any atom is -0.309 e. The lowest BCUT2D eigenvalue weighted by atomic mass is 10.0. The number of hydrogen-bond acceptors (Lipinski definition) is 2. The molecule has 0 saturated heterocycles. The summed E-state index contributed by atoms with van der Waals surface area (Å²) in [5.41, 5.74) is 1.02. The topological polar surface area (TPSA) is 45.8 Å². The fraction of sp³-hybridized carbons (Fsp3) is 0.733. The van der Waals surface area contributed by atoms with E-state index in [9.17, 15) is 4.79 Å². The SMILES string of the molecule is CCC1CCC(c2nc(CC(C)C)c(I)c(=O)[nH]2)C1. The molecule has 2 unspecified atom stereocenters. The summed E-state index contributed by atoms with van der Waals surface area (Å²) in [6.45, 7) is 6.59. The Morgan fingerprint density at radius 3 is 2.74 bits per heavy atom. The highest BCUT2D eigenvalue weighted by Gasteiger charge is 2.27. The first-order valence-electron chi connectivity index (χ1n) is 7.29. The van der Waals surface area contributed by atoms with Crippen LogP contribution in [0.2, 0.25) is 0 Å². The summed E-state index contributed by atoms with van der Waals surface area (Å²) in [6, 6.07) is 0. The second-order valence-corrected chi connectivity index (χ2v) is 7.17. The lowest BCUT2D eigenvalue weighted by molar-refractivity contribution is 0.515. The van der Waals surface area contributed by atoms with Crippen molar-refractivity contribution in [3.8, 4) is 0 Å². The Balaban J connectivity index is 2.27. The number of nitrogens with one attached hydrogen (secondary N) is 1. The highest BCUT2D eigenvalue weighted by molar-refractivity contribution is 14.1. The number of rotatable bonds is 4. The standard InChI is InChI=1S/C15H23IN2O/c1-4-10-5-6-11(8-10)14-17-12(7-9(2)3)13(16)15(19)18-14/h9-11H,4-8H2,1-3H3,(H,17,18,19). The summed E-state index contributed by atoms with van der Waals surface area (Å²) < 4.78 is 0.764. The Labute approximate surface area is 128 Å². The van der Waals surface area contributed by atoms with E-state index in [1.165, 1.54) is 25.7 Å². The third kappa shape index (κ3) is 3.58. The third-order valence-electron chi connectivity index (χ3n) is 4.06. The predicted octanol–water partition coefficient (Wildman–Crippen LogP) is 3.87. The maximum atomic E-state index is 12.0. The van der Waals surface area contributed by atoms with E-state index in [0.29, 0.717) is 11.8 Å². The third-order valence-corrected chi connectivity index (χ3v) is 5.17. The first kappa shape index (κ1) is 15.0. The van der Waals surface area contributed by atoms with Gasteiger partial charge in [0.2, 0.25) is 0 Å². The minimum atomic E-state index is 0.0428. The van der Waals surface area contributed by atoms with Crippen molar-refractivity contribution in [3.05, 3.63) is 25.4 Å². The highest BCUT2D eigenvalue weighted by Crippen LogP contribution is 2.38. The molecule has 1 heterocycles. The maximum absolute atomic E-state index is 12.0. The van der Waals surface area contributed by atoms with Crippen LogP contribution >= 0.6 is 22.6 Å². The van der Waals surface area contributed by atoms with E-state index in [1.54, 1.807) is 0 Å². The highest BCUT2D eigenvalue weighted by atomic mass is 127. The van der Waals surface area contributed by atoms with E-state index in [0.717, 1.165) is 27.4 Å². The molecule has 1 N–H and O–H groups in total. The smallest absolute Gasteiger partial charge is 0.264 e. The fourth-order valence-corrected chi connectivity index (χ4v) is 3.41. The molecular weight excluding hydrogens is 351 g/mol. The van der Waals surface area contributed by atoms with Gasteiger partial charge in [0, 0.05) is 5.92 Å². The van der Waals surface area contributed by atoms with Crippen LogP contribution < -0.4 is 5.56 Å². The van der Waals surface area contributed by atoms with Crippen molar-refractivity contribution >= 4 is 22.6 Å². The summed E-state index contributed by atoms with van der Waals surface area (Å²) in [5.74, 6) is 2.73. The fourth-order valence-electron chi connectivity index (χ4n) is 2.93. The Morgan fingerprint density at radius 2 is 2.16 bits per heavy atom. The average Bonchev–Trinajstić information content (AvgIpc) is 2.82. The van der Waals surface area contributed by atoms with Gasteiger partial charge in [0.05, 0.1) is 9.26 Å². The molecule has 1 fully saturated rings. The molecule has 4 heteroatoms. The molecule has 0 aliphatic heterocycles. The number of nitrogens with zero attached hydrogens (tertiary/aromatic N) is 1. The van der Waals surface area contributed by atoms with Gasteiger partial charge in [0.25, 0.3) is 5.56 Å². The molecule has 3 nitrogen and oxygen atoms in total. The second kappa shape index (κ2) is 6.37. The Bertz CT molecular complexity index is 495. The molecule has 1 saturated carbocycles. The Kier molecular flexibility index (Phi) is 5.03. The molecule has 1 aromatic rings. The van der Waals surface area contributed by atoms with E-state index >= 15 is 0 Å². The number of aromatic amines is 1. The molecule has 1 aliphatic rings. The van der Waals surface area contributed by atoms with Crippen LogP contribution in [0.25, 0.3) is 0 Å². The van der Waals surface area contributed by atoms with Crippen molar-refractivity contribution < 1.29 is 0 Å². The molecule has 0 aromatic carbocycles. The average molecular weight is 374 g/mol. The first-order valence-corrected chi connectivity index (χ1v) is 8.37. The first-order chi connectivity index (χ1) is 9.01. The van der Waals surface area contributed by atoms with E-state index in [1.807, 2.05) is 0 Å². The lowest BCUT2D eigenvalue weighted by Crippen LogP contribution is -2.20. The largest absolute Gasteiger partial charge is 0.309 e. The molecular formula is C15H23IN2O. The van der Waals surface area contributed by atoms with Gasteiger partial charge in [-0.25, -0.2) is 4.98 Å². The van der Waals surface area contributed by atoms with E-state index in [-0.39, 0.29) is 5.56 Å². The monoisotopic (exact) mass is 374 g/mol. The van der Waals surface area contributed by atoms with Crippen molar-refractivity contribution in [2.24, 2.45) is 11.8 Å². The number of aromatic nitrogens is 2. The van der Waals surface area contributed by atoms with Gasteiger partial charge in [-0.05, 0) is 60.1 Å². The molecule has 19 heavy (non-hydrogen) atoms. The van der Waals surface area contributed by atoms with Crippen LogP contribution in [-0.2, 0) is 6.42 Å². The Morgan fingerprint density at radius 1 is 1.42 bits per heavy atom. The van der Waals surface area contributed by atoms with Crippen LogP contribution in [0.15, 0.2) is 4.79 Å². The van der Waals surface area contributed by atoms with Crippen molar-refractivity contribution in [1.82, 2.24) is 9.97 Å².